The molecule has 0 bridgehead atoms. The summed E-state index contributed by atoms with van der Waals surface area (Å²) >= 11 is 14.2. The van der Waals surface area contributed by atoms with Crippen LogP contribution in [0.4, 0.5) is 0 Å². The van der Waals surface area contributed by atoms with E-state index >= 15 is 0 Å². The second-order valence-corrected chi connectivity index (χ2v) is 8.60. The van der Waals surface area contributed by atoms with Crippen LogP contribution in [-0.4, -0.2) is 23.5 Å². The van der Waals surface area contributed by atoms with Crippen molar-refractivity contribution >= 4 is 46.3 Å². The van der Waals surface area contributed by atoms with Crippen molar-refractivity contribution in [1.29, 1.82) is 0 Å². The van der Waals surface area contributed by atoms with Crippen molar-refractivity contribution in [3.8, 4) is 5.75 Å². The van der Waals surface area contributed by atoms with Gasteiger partial charge in [0.15, 0.2) is 12.4 Å². The van der Waals surface area contributed by atoms with E-state index in [1.807, 2.05) is 26.8 Å². The van der Waals surface area contributed by atoms with E-state index in [1.165, 1.54) is 0 Å². The molecular formula is C18H16Cl2O4S. The zero-order chi connectivity index (χ0) is 18.5. The molecule has 0 fully saturated rings. The smallest absolute Gasteiger partial charge is 0.341 e. The number of hydrogen-bond donors (Lipinski definition) is 1. The molecule has 7 heteroatoms. The Hall–Kier alpha value is -1.56. The number of Topliss-reactive ketones (excluding diaryl/α,β-unsaturated/α-hetero) is 1. The predicted octanol–water partition coefficient (Wildman–Crippen LogP) is 4.83. The van der Waals surface area contributed by atoms with Gasteiger partial charge in [0.05, 0.1) is 10.4 Å². The molecule has 25 heavy (non-hydrogen) atoms. The summed E-state index contributed by atoms with van der Waals surface area (Å²) in [5, 5.41) is 8.97. The number of hydrogen-bond acceptors (Lipinski definition) is 4. The fourth-order valence-electron chi connectivity index (χ4n) is 3.42. The van der Waals surface area contributed by atoms with Gasteiger partial charge >= 0.3 is 5.97 Å². The van der Waals surface area contributed by atoms with Crippen molar-refractivity contribution in [3.05, 3.63) is 48.6 Å². The first-order valence-corrected chi connectivity index (χ1v) is 9.20. The Balaban J connectivity index is 2.08. The standard InChI is InChI=1S/C18H16Cl2O4S/c1-8-4-11(9(2)25-8)18(3)6-10-5-12(24-7-13(21)22)15(19)16(20)14(10)17(18)23/h4-5H,6-7H2,1-3H3,(H,21,22). The fourth-order valence-corrected chi connectivity index (χ4v) is 4.97. The van der Waals surface area contributed by atoms with Gasteiger partial charge in [-0.25, -0.2) is 4.79 Å². The molecule has 1 aliphatic rings. The van der Waals surface area contributed by atoms with E-state index in [-0.39, 0.29) is 21.6 Å². The highest BCUT2D eigenvalue weighted by Gasteiger charge is 2.46. The largest absolute Gasteiger partial charge is 0.480 e. The number of carbonyl (C=O) groups excluding carboxylic acids is 1. The van der Waals surface area contributed by atoms with E-state index < -0.39 is 18.0 Å². The highest BCUT2D eigenvalue weighted by Crippen LogP contribution is 2.48. The number of carboxylic acids is 1. The van der Waals surface area contributed by atoms with Gasteiger partial charge < -0.3 is 9.84 Å². The number of fused-ring (bicyclic) bond motifs is 1. The summed E-state index contributed by atoms with van der Waals surface area (Å²) in [5.74, 6) is -0.999. The highest BCUT2D eigenvalue weighted by molar-refractivity contribution is 7.12. The average molecular weight is 399 g/mol. The molecule has 1 heterocycles. The lowest BCUT2D eigenvalue weighted by Crippen LogP contribution is -2.29. The third-order valence-electron chi connectivity index (χ3n) is 4.51. The number of benzene rings is 1. The topological polar surface area (TPSA) is 63.6 Å². The lowest BCUT2D eigenvalue weighted by atomic mass is 9.79. The summed E-state index contributed by atoms with van der Waals surface area (Å²) in [6.45, 7) is 5.40. The molecule has 1 aromatic heterocycles. The summed E-state index contributed by atoms with van der Waals surface area (Å²) < 4.78 is 5.22. The maximum Gasteiger partial charge on any atom is 0.341 e. The minimum atomic E-state index is -1.11. The third-order valence-corrected chi connectivity index (χ3v) is 6.33. The van der Waals surface area contributed by atoms with E-state index in [0.717, 1.165) is 20.9 Å². The first-order valence-electron chi connectivity index (χ1n) is 7.63. The maximum atomic E-state index is 13.2. The monoisotopic (exact) mass is 398 g/mol. The molecule has 0 saturated heterocycles. The lowest BCUT2D eigenvalue weighted by Gasteiger charge is -2.22. The van der Waals surface area contributed by atoms with Gasteiger partial charge in [-0.05, 0) is 50.5 Å². The quantitative estimate of drug-likeness (QED) is 0.800. The number of aryl methyl sites for hydroxylation is 2. The van der Waals surface area contributed by atoms with Crippen LogP contribution in [0.15, 0.2) is 12.1 Å². The Morgan fingerprint density at radius 1 is 1.32 bits per heavy atom. The lowest BCUT2D eigenvalue weighted by molar-refractivity contribution is -0.139. The number of aliphatic carboxylic acids is 1. The number of carbonyl (C=O) groups is 2. The van der Waals surface area contributed by atoms with Gasteiger partial charge in [-0.15, -0.1) is 11.3 Å². The van der Waals surface area contributed by atoms with Crippen molar-refractivity contribution in [1.82, 2.24) is 0 Å². The Morgan fingerprint density at radius 3 is 2.56 bits per heavy atom. The zero-order valence-corrected chi connectivity index (χ0v) is 16.2. The first kappa shape index (κ1) is 18.2. The van der Waals surface area contributed by atoms with E-state index in [2.05, 4.69) is 0 Å². The minimum Gasteiger partial charge on any atom is -0.480 e. The molecule has 0 saturated carbocycles. The second kappa shape index (κ2) is 6.31. The Bertz CT molecular complexity index is 903. The molecule has 1 unspecified atom stereocenters. The number of rotatable bonds is 4. The van der Waals surface area contributed by atoms with E-state index in [1.54, 1.807) is 17.4 Å². The minimum absolute atomic E-state index is 0.0671. The van der Waals surface area contributed by atoms with Gasteiger partial charge in [-0.2, -0.15) is 0 Å². The van der Waals surface area contributed by atoms with Crippen LogP contribution in [0.25, 0.3) is 0 Å². The molecule has 132 valence electrons. The van der Waals surface area contributed by atoms with Gasteiger partial charge in [-0.3, -0.25) is 4.79 Å². The number of ketones is 1. The molecule has 4 nitrogen and oxygen atoms in total. The number of carboxylic acid groups (broad SMARTS) is 1. The van der Waals surface area contributed by atoms with E-state index in [9.17, 15) is 9.59 Å². The second-order valence-electron chi connectivity index (χ2n) is 6.38. The molecule has 2 aromatic rings. The molecule has 1 N–H and O–H groups in total. The molecule has 1 atom stereocenters. The normalized spacial score (nSPS) is 19.2. The maximum absolute atomic E-state index is 13.2. The van der Waals surface area contributed by atoms with Gasteiger partial charge in [0.2, 0.25) is 0 Å². The molecule has 0 aliphatic heterocycles. The number of halogens is 2. The van der Waals surface area contributed by atoms with Crippen molar-refractivity contribution in [3.63, 3.8) is 0 Å². The van der Waals surface area contributed by atoms with Crippen molar-refractivity contribution in [2.45, 2.75) is 32.6 Å². The Labute approximate surface area is 159 Å². The first-order chi connectivity index (χ1) is 11.6. The van der Waals surface area contributed by atoms with Crippen molar-refractivity contribution < 1.29 is 19.4 Å². The van der Waals surface area contributed by atoms with Crippen LogP contribution in [-0.2, 0) is 16.6 Å². The molecule has 1 aromatic carbocycles. The highest BCUT2D eigenvalue weighted by atomic mass is 35.5. The zero-order valence-electron chi connectivity index (χ0n) is 13.9. The van der Waals surface area contributed by atoms with Crippen LogP contribution < -0.4 is 4.74 Å². The molecule has 0 radical (unpaired) electrons. The van der Waals surface area contributed by atoms with Gasteiger partial charge in [-0.1, -0.05) is 23.2 Å². The Morgan fingerprint density at radius 2 is 2.00 bits per heavy atom. The summed E-state index contributed by atoms with van der Waals surface area (Å²) in [7, 11) is 0. The molecule has 0 spiro atoms. The number of ether oxygens (including phenoxy) is 1. The van der Waals surface area contributed by atoms with Crippen molar-refractivity contribution in [2.24, 2.45) is 0 Å². The fraction of sp³-hybridized carbons (Fsp3) is 0.333. The summed E-state index contributed by atoms with van der Waals surface area (Å²) in [4.78, 5) is 26.1. The predicted molar refractivity (Wildman–Crippen MR) is 98.8 cm³/mol. The van der Waals surface area contributed by atoms with Crippen LogP contribution in [0.1, 0.15) is 38.2 Å². The van der Waals surface area contributed by atoms with Crippen LogP contribution in [0.3, 0.4) is 0 Å². The van der Waals surface area contributed by atoms with Gasteiger partial charge in [0, 0.05) is 15.3 Å². The summed E-state index contributed by atoms with van der Waals surface area (Å²) in [6, 6.07) is 3.67. The number of thiophene rings is 1. The Kier molecular flexibility index (Phi) is 4.60. The van der Waals surface area contributed by atoms with Gasteiger partial charge in [0.25, 0.3) is 0 Å². The summed E-state index contributed by atoms with van der Waals surface area (Å²) in [5.41, 5.74) is 1.41. The van der Waals surface area contributed by atoms with E-state index in [0.29, 0.717) is 12.0 Å². The van der Waals surface area contributed by atoms with Crippen LogP contribution in [0.5, 0.6) is 5.75 Å². The molecular weight excluding hydrogens is 383 g/mol. The molecule has 3 rings (SSSR count). The SMILES string of the molecule is Cc1cc(C2(C)Cc3cc(OCC(=O)O)c(Cl)c(Cl)c3C2=O)c(C)s1. The van der Waals surface area contributed by atoms with Crippen LogP contribution >= 0.6 is 34.5 Å². The molecule has 0 amide bonds. The molecule has 1 aliphatic carbocycles. The third kappa shape index (κ3) is 2.94. The van der Waals surface area contributed by atoms with Crippen LogP contribution in [0, 0.1) is 13.8 Å². The van der Waals surface area contributed by atoms with E-state index in [4.69, 9.17) is 33.0 Å². The van der Waals surface area contributed by atoms with Crippen LogP contribution in [0.2, 0.25) is 10.0 Å². The summed E-state index contributed by atoms with van der Waals surface area (Å²) in [6.07, 6.45) is 0.471. The van der Waals surface area contributed by atoms with Gasteiger partial charge in [0.1, 0.15) is 10.8 Å². The average Bonchev–Trinajstić information content (AvgIpc) is 2.99. The van der Waals surface area contributed by atoms with Crippen molar-refractivity contribution in [2.75, 3.05) is 6.61 Å².